The molecule has 0 aliphatic carbocycles. The van der Waals surface area contributed by atoms with Crippen molar-refractivity contribution in [2.75, 3.05) is 6.54 Å². The number of carbonyl (C=O) groups excluding carboxylic acids is 1. The second-order valence-corrected chi connectivity index (χ2v) is 8.05. The molecule has 2 unspecified atom stereocenters. The first-order valence-corrected chi connectivity index (χ1v) is 10.1. The Morgan fingerprint density at radius 2 is 1.83 bits per heavy atom. The third-order valence-electron chi connectivity index (χ3n) is 5.50. The predicted molar refractivity (Wildman–Crippen MR) is 111 cm³/mol. The molecule has 0 saturated carbocycles. The van der Waals surface area contributed by atoms with Gasteiger partial charge in [0.25, 0.3) is 5.91 Å². The van der Waals surface area contributed by atoms with Crippen LogP contribution in [-0.2, 0) is 21.7 Å². The van der Waals surface area contributed by atoms with Gasteiger partial charge in [0.1, 0.15) is 23.9 Å². The third-order valence-corrected chi connectivity index (χ3v) is 5.50. The van der Waals surface area contributed by atoms with E-state index in [-0.39, 0.29) is 18.9 Å². The van der Waals surface area contributed by atoms with Gasteiger partial charge in [-0.25, -0.2) is 4.79 Å². The molecule has 2 atom stereocenters. The topological polar surface area (TPSA) is 99.1 Å². The predicted octanol–water partition coefficient (Wildman–Crippen LogP) is 3.17. The maximum Gasteiger partial charge on any atom is 0.326 e. The smallest absolute Gasteiger partial charge is 0.326 e. The van der Waals surface area contributed by atoms with Gasteiger partial charge in [-0.3, -0.25) is 4.79 Å². The van der Waals surface area contributed by atoms with Crippen molar-refractivity contribution in [3.63, 3.8) is 0 Å². The number of hydroxylamine groups is 1. The first kappa shape index (κ1) is 21.8. The van der Waals surface area contributed by atoms with Crippen LogP contribution in [0.4, 0.5) is 0 Å². The van der Waals surface area contributed by atoms with Gasteiger partial charge in [-0.05, 0) is 42.0 Å². The summed E-state index contributed by atoms with van der Waals surface area (Å²) in [6, 6.07) is 15.8. The average Bonchev–Trinajstić information content (AvgIpc) is 3.08. The number of hydrogen-bond acceptors (Lipinski definition) is 5. The van der Waals surface area contributed by atoms with E-state index in [1.54, 1.807) is 24.3 Å². The van der Waals surface area contributed by atoms with Crippen LogP contribution in [-0.4, -0.2) is 39.7 Å². The van der Waals surface area contributed by atoms with Gasteiger partial charge < -0.3 is 20.0 Å². The lowest BCUT2D eigenvalue weighted by molar-refractivity contribution is -0.152. The van der Waals surface area contributed by atoms with E-state index in [9.17, 15) is 19.9 Å². The van der Waals surface area contributed by atoms with Crippen LogP contribution >= 0.6 is 0 Å². The monoisotopic (exact) mass is 412 g/mol. The second-order valence-electron chi connectivity index (χ2n) is 8.05. The van der Waals surface area contributed by atoms with Crippen LogP contribution in [0.25, 0.3) is 0 Å². The number of ether oxygens (including phenoxy) is 1. The summed E-state index contributed by atoms with van der Waals surface area (Å²) < 4.78 is 5.78. The summed E-state index contributed by atoms with van der Waals surface area (Å²) in [6.45, 7) is 4.51. The van der Waals surface area contributed by atoms with Crippen molar-refractivity contribution in [3.05, 3.63) is 65.7 Å². The highest BCUT2D eigenvalue weighted by molar-refractivity contribution is 5.93. The molecule has 1 aliphatic heterocycles. The van der Waals surface area contributed by atoms with Crippen LogP contribution in [0.5, 0.6) is 5.75 Å². The Hall–Kier alpha value is -2.90. The first-order valence-electron chi connectivity index (χ1n) is 10.1. The van der Waals surface area contributed by atoms with Gasteiger partial charge in [-0.15, -0.1) is 0 Å². The average molecular weight is 412 g/mol. The summed E-state index contributed by atoms with van der Waals surface area (Å²) in [5.41, 5.74) is 2.43. The molecular weight excluding hydrogens is 384 g/mol. The fourth-order valence-corrected chi connectivity index (χ4v) is 3.86. The van der Waals surface area contributed by atoms with Crippen molar-refractivity contribution in [2.45, 2.75) is 44.9 Å². The Morgan fingerprint density at radius 1 is 1.17 bits per heavy atom. The minimum atomic E-state index is -1.36. The number of amides is 1. The minimum Gasteiger partial charge on any atom is -0.489 e. The Balaban J connectivity index is 1.76. The van der Waals surface area contributed by atoms with Gasteiger partial charge in [-0.2, -0.15) is 5.48 Å². The molecule has 1 aliphatic rings. The summed E-state index contributed by atoms with van der Waals surface area (Å²) in [7, 11) is 0. The maximum absolute atomic E-state index is 13.2. The number of carboxylic acids is 1. The molecular formula is C23H28N2O5. The lowest BCUT2D eigenvalue weighted by Gasteiger charge is -2.30. The Labute approximate surface area is 176 Å². The number of rotatable bonds is 9. The van der Waals surface area contributed by atoms with E-state index in [1.807, 2.05) is 44.2 Å². The van der Waals surface area contributed by atoms with Crippen LogP contribution in [0.2, 0.25) is 0 Å². The van der Waals surface area contributed by atoms with E-state index in [2.05, 4.69) is 5.48 Å². The van der Waals surface area contributed by atoms with Crippen molar-refractivity contribution < 1.29 is 24.6 Å². The highest BCUT2D eigenvalue weighted by Gasteiger charge is 2.51. The summed E-state index contributed by atoms with van der Waals surface area (Å²) in [5.74, 6) is -0.704. The van der Waals surface area contributed by atoms with Crippen molar-refractivity contribution in [3.8, 4) is 5.75 Å². The van der Waals surface area contributed by atoms with E-state index in [1.165, 1.54) is 4.90 Å². The standard InChI is InChI=1S/C23H28N2O5/c1-16(2)14-20(21(26)27)25-13-12-23(24-29,22(25)28)18-8-10-19(11-9-18)30-15-17-6-4-3-5-7-17/h3-11,16,20,24,29H,12-15H2,1-2H3,(H,26,27). The third kappa shape index (κ3) is 4.47. The molecule has 2 aromatic rings. The van der Waals surface area contributed by atoms with Gasteiger partial charge >= 0.3 is 5.97 Å². The number of nitrogens with zero attached hydrogens (tertiary/aromatic N) is 1. The fourth-order valence-electron chi connectivity index (χ4n) is 3.86. The number of aliphatic carboxylic acids is 1. The number of likely N-dealkylation sites (tertiary alicyclic amines) is 1. The SMILES string of the molecule is CC(C)CC(C(=O)O)N1CCC(NO)(c2ccc(OCc3ccccc3)cc2)C1=O. The van der Waals surface area contributed by atoms with Crippen molar-refractivity contribution in [2.24, 2.45) is 5.92 Å². The normalized spacial score (nSPS) is 19.9. The zero-order valence-electron chi connectivity index (χ0n) is 17.2. The van der Waals surface area contributed by atoms with Crippen LogP contribution in [0.1, 0.15) is 37.8 Å². The second kappa shape index (κ2) is 9.28. The van der Waals surface area contributed by atoms with Gasteiger partial charge in [0, 0.05) is 6.54 Å². The summed E-state index contributed by atoms with van der Waals surface area (Å²) in [6.07, 6.45) is 0.628. The minimum absolute atomic E-state index is 0.122. The molecule has 1 saturated heterocycles. The van der Waals surface area contributed by atoms with Crippen LogP contribution in [0.15, 0.2) is 54.6 Å². The molecule has 7 nitrogen and oxygen atoms in total. The van der Waals surface area contributed by atoms with Gasteiger partial charge in [0.2, 0.25) is 0 Å². The first-order chi connectivity index (χ1) is 14.4. The molecule has 1 heterocycles. The van der Waals surface area contributed by atoms with Crippen LogP contribution in [0.3, 0.4) is 0 Å². The van der Waals surface area contributed by atoms with Gasteiger partial charge in [-0.1, -0.05) is 56.3 Å². The number of hydrogen-bond donors (Lipinski definition) is 3. The van der Waals surface area contributed by atoms with E-state index < -0.39 is 23.5 Å². The Morgan fingerprint density at radius 3 is 2.40 bits per heavy atom. The molecule has 2 aromatic carbocycles. The molecule has 30 heavy (non-hydrogen) atoms. The summed E-state index contributed by atoms with van der Waals surface area (Å²) >= 11 is 0. The van der Waals surface area contributed by atoms with E-state index >= 15 is 0 Å². The molecule has 0 aromatic heterocycles. The Kier molecular flexibility index (Phi) is 6.74. The van der Waals surface area contributed by atoms with E-state index in [0.29, 0.717) is 24.3 Å². The van der Waals surface area contributed by atoms with Crippen molar-refractivity contribution >= 4 is 11.9 Å². The molecule has 160 valence electrons. The van der Waals surface area contributed by atoms with Crippen LogP contribution < -0.4 is 10.2 Å². The van der Waals surface area contributed by atoms with E-state index in [4.69, 9.17) is 4.74 Å². The zero-order valence-corrected chi connectivity index (χ0v) is 17.2. The molecule has 3 rings (SSSR count). The van der Waals surface area contributed by atoms with Gasteiger partial charge in [0.05, 0.1) is 0 Å². The number of nitrogens with one attached hydrogen (secondary N) is 1. The highest BCUT2D eigenvalue weighted by Crippen LogP contribution is 2.36. The number of benzene rings is 2. The maximum atomic E-state index is 13.2. The molecule has 0 spiro atoms. The van der Waals surface area contributed by atoms with Crippen molar-refractivity contribution in [1.82, 2.24) is 10.4 Å². The fraction of sp³-hybridized carbons (Fsp3) is 0.391. The largest absolute Gasteiger partial charge is 0.489 e. The summed E-state index contributed by atoms with van der Waals surface area (Å²) in [4.78, 5) is 26.3. The quantitative estimate of drug-likeness (QED) is 0.547. The van der Waals surface area contributed by atoms with Crippen LogP contribution in [0, 0.1) is 5.92 Å². The summed E-state index contributed by atoms with van der Waals surface area (Å²) in [5, 5.41) is 19.5. The molecule has 7 heteroatoms. The molecule has 0 radical (unpaired) electrons. The molecule has 1 fully saturated rings. The highest BCUT2D eigenvalue weighted by atomic mass is 16.5. The zero-order chi connectivity index (χ0) is 21.7. The Bertz CT molecular complexity index is 869. The molecule has 0 bridgehead atoms. The number of carbonyl (C=O) groups is 2. The molecule has 1 amide bonds. The molecule has 3 N–H and O–H groups in total. The lowest BCUT2D eigenvalue weighted by Crippen LogP contribution is -2.51. The lowest BCUT2D eigenvalue weighted by atomic mass is 9.89. The van der Waals surface area contributed by atoms with Gasteiger partial charge in [0.15, 0.2) is 0 Å². The van der Waals surface area contributed by atoms with E-state index in [0.717, 1.165) is 5.56 Å². The van der Waals surface area contributed by atoms with Crippen molar-refractivity contribution in [1.29, 1.82) is 0 Å². The number of carboxylic acid groups (broad SMARTS) is 1.